The first-order valence-corrected chi connectivity index (χ1v) is 5.48. The topological polar surface area (TPSA) is 75.4 Å². The van der Waals surface area contributed by atoms with Crippen molar-refractivity contribution in [2.45, 2.75) is 12.8 Å². The van der Waals surface area contributed by atoms with E-state index >= 15 is 0 Å². The van der Waals surface area contributed by atoms with E-state index in [0.717, 1.165) is 4.31 Å². The summed E-state index contributed by atoms with van der Waals surface area (Å²) in [6, 6.07) is 0. The molecule has 0 aromatic heterocycles. The van der Waals surface area contributed by atoms with Crippen LogP contribution in [-0.2, 0) is 10.2 Å². The van der Waals surface area contributed by atoms with Crippen LogP contribution >= 0.6 is 0 Å². The minimum absolute atomic E-state index is 0.212. The highest BCUT2D eigenvalue weighted by atomic mass is 32.2. The van der Waals surface area contributed by atoms with Gasteiger partial charge in [0.25, 0.3) is 16.1 Å². The van der Waals surface area contributed by atoms with Gasteiger partial charge < -0.3 is 5.73 Å². The lowest BCUT2D eigenvalue weighted by molar-refractivity contribution is 0.0167. The summed E-state index contributed by atoms with van der Waals surface area (Å²) in [5.41, 5.74) is 4.75. The fraction of sp³-hybridized carbons (Fsp3) is 1.00. The average molecular weight is 231 g/mol. The fourth-order valence-corrected chi connectivity index (χ4v) is 1.50. The highest BCUT2D eigenvalue weighted by molar-refractivity contribution is 7.87. The third-order valence-corrected chi connectivity index (χ3v) is 3.26. The van der Waals surface area contributed by atoms with Gasteiger partial charge in [-0.2, -0.15) is 17.4 Å². The quantitative estimate of drug-likeness (QED) is 0.639. The van der Waals surface area contributed by atoms with Crippen molar-refractivity contribution in [3.63, 3.8) is 0 Å². The van der Waals surface area contributed by atoms with Crippen LogP contribution in [-0.4, -0.2) is 45.3 Å². The molecular formula is C6H15F2N3O2S. The summed E-state index contributed by atoms with van der Waals surface area (Å²) < 4.78 is 50.2. The molecule has 0 aliphatic rings. The molecule has 0 bridgehead atoms. The van der Waals surface area contributed by atoms with E-state index < -0.39 is 29.2 Å². The lowest BCUT2D eigenvalue weighted by Crippen LogP contribution is -2.46. The van der Waals surface area contributed by atoms with E-state index in [1.807, 2.05) is 0 Å². The molecule has 0 aliphatic heterocycles. The Bertz CT molecular complexity index is 268. The zero-order chi connectivity index (χ0) is 11.4. The Morgan fingerprint density at radius 2 is 2.00 bits per heavy atom. The van der Waals surface area contributed by atoms with E-state index in [2.05, 4.69) is 0 Å². The molecule has 8 heteroatoms. The molecule has 5 nitrogen and oxygen atoms in total. The Morgan fingerprint density at radius 3 is 2.36 bits per heavy atom. The van der Waals surface area contributed by atoms with E-state index in [0.29, 0.717) is 0 Å². The summed E-state index contributed by atoms with van der Waals surface area (Å²) >= 11 is 0. The first-order chi connectivity index (χ1) is 6.25. The standard InChI is InChI=1S/C6H15F2N3O2S/c1-3-11(2)14(12,13)10-5-6(7,8)4-9/h10H,3-5,9H2,1-2H3. The predicted molar refractivity (Wildman–Crippen MR) is 49.2 cm³/mol. The molecule has 0 heterocycles. The van der Waals surface area contributed by atoms with Crippen LogP contribution in [0.3, 0.4) is 0 Å². The van der Waals surface area contributed by atoms with Crippen molar-refractivity contribution >= 4 is 10.2 Å². The Hall–Kier alpha value is -0.310. The normalized spacial score (nSPS) is 13.6. The third-order valence-electron chi connectivity index (χ3n) is 1.67. The number of halogens is 2. The number of nitrogens with two attached hydrogens (primary N) is 1. The first kappa shape index (κ1) is 13.7. The van der Waals surface area contributed by atoms with Crippen molar-refractivity contribution in [2.75, 3.05) is 26.7 Å². The van der Waals surface area contributed by atoms with Crippen LogP contribution in [0, 0.1) is 0 Å². The van der Waals surface area contributed by atoms with Crippen molar-refractivity contribution in [2.24, 2.45) is 5.73 Å². The number of alkyl halides is 2. The second kappa shape index (κ2) is 4.96. The van der Waals surface area contributed by atoms with Crippen LogP contribution in [0.5, 0.6) is 0 Å². The number of rotatable bonds is 6. The van der Waals surface area contributed by atoms with E-state index in [-0.39, 0.29) is 6.54 Å². The molecule has 14 heavy (non-hydrogen) atoms. The minimum atomic E-state index is -3.81. The van der Waals surface area contributed by atoms with Gasteiger partial charge in [-0.25, -0.2) is 8.78 Å². The second-order valence-electron chi connectivity index (χ2n) is 2.80. The van der Waals surface area contributed by atoms with Crippen LogP contribution in [0.2, 0.25) is 0 Å². The van der Waals surface area contributed by atoms with Gasteiger partial charge in [-0.15, -0.1) is 0 Å². The molecule has 0 aliphatic carbocycles. The molecule has 0 aromatic carbocycles. The zero-order valence-electron chi connectivity index (χ0n) is 8.13. The summed E-state index contributed by atoms with van der Waals surface area (Å²) in [5, 5.41) is 0. The zero-order valence-corrected chi connectivity index (χ0v) is 8.94. The maximum Gasteiger partial charge on any atom is 0.279 e. The molecule has 0 atom stereocenters. The predicted octanol–water partition coefficient (Wildman–Crippen LogP) is -0.633. The maximum atomic E-state index is 12.6. The number of hydrogen-bond donors (Lipinski definition) is 2. The second-order valence-corrected chi connectivity index (χ2v) is 4.66. The van der Waals surface area contributed by atoms with E-state index in [1.165, 1.54) is 7.05 Å². The molecule has 0 rings (SSSR count). The molecule has 0 spiro atoms. The van der Waals surface area contributed by atoms with Gasteiger partial charge in [0.15, 0.2) is 0 Å². The molecule has 0 fully saturated rings. The molecule has 0 radical (unpaired) electrons. The van der Waals surface area contributed by atoms with E-state index in [4.69, 9.17) is 5.73 Å². The molecule has 0 unspecified atom stereocenters. The highest BCUT2D eigenvalue weighted by Crippen LogP contribution is 2.09. The van der Waals surface area contributed by atoms with Crippen molar-refractivity contribution < 1.29 is 17.2 Å². The van der Waals surface area contributed by atoms with Crippen molar-refractivity contribution in [3.05, 3.63) is 0 Å². The summed E-state index contributed by atoms with van der Waals surface area (Å²) in [6.07, 6.45) is 0. The van der Waals surface area contributed by atoms with Crippen molar-refractivity contribution in [3.8, 4) is 0 Å². The van der Waals surface area contributed by atoms with Gasteiger partial charge in [0, 0.05) is 13.6 Å². The number of nitrogens with zero attached hydrogens (tertiary/aromatic N) is 1. The summed E-state index contributed by atoms with van der Waals surface area (Å²) in [5.74, 6) is -3.21. The minimum Gasteiger partial charge on any atom is -0.325 e. The van der Waals surface area contributed by atoms with Crippen LogP contribution in [0.25, 0.3) is 0 Å². The maximum absolute atomic E-state index is 12.6. The third kappa shape index (κ3) is 4.27. The Morgan fingerprint density at radius 1 is 1.50 bits per heavy atom. The van der Waals surface area contributed by atoms with Crippen LogP contribution in [0.1, 0.15) is 6.92 Å². The largest absolute Gasteiger partial charge is 0.325 e. The van der Waals surface area contributed by atoms with Gasteiger partial charge >= 0.3 is 0 Å². The van der Waals surface area contributed by atoms with Crippen LogP contribution in [0.15, 0.2) is 0 Å². The van der Waals surface area contributed by atoms with Gasteiger partial charge in [0.05, 0.1) is 13.1 Å². The number of nitrogens with one attached hydrogen (secondary N) is 1. The van der Waals surface area contributed by atoms with Gasteiger partial charge in [-0.05, 0) is 0 Å². The first-order valence-electron chi connectivity index (χ1n) is 4.04. The van der Waals surface area contributed by atoms with Gasteiger partial charge in [-0.3, -0.25) is 0 Å². The molecule has 3 N–H and O–H groups in total. The number of hydrogen-bond acceptors (Lipinski definition) is 3. The van der Waals surface area contributed by atoms with Crippen molar-refractivity contribution in [1.29, 1.82) is 0 Å². The summed E-state index contributed by atoms with van der Waals surface area (Å²) in [7, 11) is -2.51. The van der Waals surface area contributed by atoms with Gasteiger partial charge in [0.1, 0.15) is 0 Å². The van der Waals surface area contributed by atoms with E-state index in [9.17, 15) is 17.2 Å². The van der Waals surface area contributed by atoms with Crippen molar-refractivity contribution in [1.82, 2.24) is 9.03 Å². The highest BCUT2D eigenvalue weighted by Gasteiger charge is 2.29. The summed E-state index contributed by atoms with van der Waals surface area (Å²) in [4.78, 5) is 0. The van der Waals surface area contributed by atoms with Gasteiger partial charge in [0.2, 0.25) is 0 Å². The van der Waals surface area contributed by atoms with Crippen LogP contribution in [0.4, 0.5) is 8.78 Å². The van der Waals surface area contributed by atoms with Gasteiger partial charge in [-0.1, -0.05) is 6.92 Å². The Kier molecular flexibility index (Phi) is 4.85. The Labute approximate surface area is 82.4 Å². The molecule has 0 saturated carbocycles. The van der Waals surface area contributed by atoms with E-state index in [1.54, 1.807) is 11.6 Å². The average Bonchev–Trinajstić information content (AvgIpc) is 2.14. The molecule has 0 aromatic rings. The Balaban J connectivity index is 4.27. The van der Waals surface area contributed by atoms with Crippen LogP contribution < -0.4 is 10.5 Å². The fourth-order valence-electron chi connectivity index (χ4n) is 0.549. The smallest absolute Gasteiger partial charge is 0.279 e. The molecule has 0 amide bonds. The molecular weight excluding hydrogens is 216 g/mol. The monoisotopic (exact) mass is 231 g/mol. The lowest BCUT2D eigenvalue weighted by Gasteiger charge is -2.19. The SMILES string of the molecule is CCN(C)S(=O)(=O)NCC(F)(F)CN. The molecule has 0 saturated heterocycles. The summed E-state index contributed by atoms with van der Waals surface area (Å²) in [6.45, 7) is -0.0502. The lowest BCUT2D eigenvalue weighted by atomic mass is 10.3. The molecule has 86 valence electrons.